The molecule has 1 atom stereocenters. The van der Waals surface area contributed by atoms with Gasteiger partial charge >= 0.3 is 0 Å². The van der Waals surface area contributed by atoms with Crippen molar-refractivity contribution in [1.82, 2.24) is 4.90 Å². The molecule has 1 heterocycles. The molecule has 0 unspecified atom stereocenters. The van der Waals surface area contributed by atoms with E-state index in [0.29, 0.717) is 11.6 Å². The minimum atomic E-state index is -0.353. The number of nitrogens with one attached hydrogen (secondary N) is 1. The van der Waals surface area contributed by atoms with Crippen molar-refractivity contribution < 1.29 is 9.18 Å². The average Bonchev–Trinajstić information content (AvgIpc) is 2.78. The third kappa shape index (κ3) is 5.14. The Morgan fingerprint density at radius 3 is 2.13 bits per heavy atom. The Morgan fingerprint density at radius 1 is 0.900 bits per heavy atom. The number of amides is 1. The molecule has 0 aliphatic carbocycles. The second-order valence-electron chi connectivity index (χ2n) is 7.98. The average molecular weight is 403 g/mol. The summed E-state index contributed by atoms with van der Waals surface area (Å²) in [7, 11) is 0. The molecule has 4 rings (SSSR count). The minimum absolute atomic E-state index is 0.0747. The van der Waals surface area contributed by atoms with Gasteiger partial charge in [0, 0.05) is 5.69 Å². The van der Waals surface area contributed by atoms with E-state index in [1.54, 1.807) is 12.1 Å². The van der Waals surface area contributed by atoms with Crippen molar-refractivity contribution in [1.29, 1.82) is 0 Å². The van der Waals surface area contributed by atoms with Gasteiger partial charge in [-0.2, -0.15) is 0 Å². The number of piperidine rings is 1. The van der Waals surface area contributed by atoms with Crippen LogP contribution in [0.2, 0.25) is 0 Å². The third-order valence-corrected chi connectivity index (χ3v) is 5.86. The second kappa shape index (κ2) is 9.68. The van der Waals surface area contributed by atoms with Gasteiger partial charge in [-0.05, 0) is 73.7 Å². The van der Waals surface area contributed by atoms with Crippen LogP contribution in [-0.2, 0) is 11.2 Å². The van der Waals surface area contributed by atoms with Gasteiger partial charge < -0.3 is 5.32 Å². The minimum Gasteiger partial charge on any atom is -0.324 e. The highest BCUT2D eigenvalue weighted by Crippen LogP contribution is 2.29. The first-order valence-electron chi connectivity index (χ1n) is 10.6. The standard InChI is InChI=1S/C26H27FN2O/c27-23-11-13-24(14-12-23)28-26(30)25(22-9-5-2-6-10-22)29-17-15-21(16-18-29)19-20-7-3-1-4-8-20/h1-14,21,25H,15-19H2,(H,28,30)/t25-/m0/s1. The van der Waals surface area contributed by atoms with Crippen LogP contribution in [-0.4, -0.2) is 23.9 Å². The van der Waals surface area contributed by atoms with Gasteiger partial charge in [0.15, 0.2) is 0 Å². The van der Waals surface area contributed by atoms with Gasteiger partial charge in [0.1, 0.15) is 11.9 Å². The summed E-state index contributed by atoms with van der Waals surface area (Å²) < 4.78 is 13.2. The van der Waals surface area contributed by atoms with Crippen LogP contribution in [0.15, 0.2) is 84.9 Å². The maximum absolute atomic E-state index is 13.2. The van der Waals surface area contributed by atoms with Gasteiger partial charge in [-0.3, -0.25) is 9.69 Å². The summed E-state index contributed by atoms with van der Waals surface area (Å²) in [6, 6.07) is 26.1. The molecule has 3 aromatic carbocycles. The Bertz CT molecular complexity index is 936. The van der Waals surface area contributed by atoms with Crippen molar-refractivity contribution in [2.24, 2.45) is 5.92 Å². The number of anilines is 1. The number of hydrogen-bond donors (Lipinski definition) is 1. The van der Waals surface area contributed by atoms with Crippen LogP contribution in [0.3, 0.4) is 0 Å². The number of hydrogen-bond acceptors (Lipinski definition) is 2. The summed E-state index contributed by atoms with van der Waals surface area (Å²) >= 11 is 0. The lowest BCUT2D eigenvalue weighted by molar-refractivity contribution is -0.122. The molecule has 1 aliphatic rings. The fourth-order valence-corrected chi connectivity index (χ4v) is 4.27. The summed E-state index contributed by atoms with van der Waals surface area (Å²) in [5.41, 5.74) is 2.98. The number of carbonyl (C=O) groups is 1. The fourth-order valence-electron chi connectivity index (χ4n) is 4.27. The smallest absolute Gasteiger partial charge is 0.246 e. The third-order valence-electron chi connectivity index (χ3n) is 5.86. The first-order chi connectivity index (χ1) is 14.7. The van der Waals surface area contributed by atoms with Gasteiger partial charge in [0.05, 0.1) is 0 Å². The Morgan fingerprint density at radius 2 is 1.50 bits per heavy atom. The monoisotopic (exact) mass is 402 g/mol. The van der Waals surface area contributed by atoms with Crippen LogP contribution in [0.4, 0.5) is 10.1 Å². The van der Waals surface area contributed by atoms with Crippen molar-refractivity contribution in [2.75, 3.05) is 18.4 Å². The predicted octanol–water partition coefficient (Wildman–Crippen LogP) is 5.46. The lowest BCUT2D eigenvalue weighted by atomic mass is 9.89. The Hall–Kier alpha value is -2.98. The first-order valence-corrected chi connectivity index (χ1v) is 10.6. The lowest BCUT2D eigenvalue weighted by Gasteiger charge is -2.37. The molecule has 4 heteroatoms. The molecule has 0 radical (unpaired) electrons. The molecule has 1 fully saturated rings. The van der Waals surface area contributed by atoms with Crippen molar-refractivity contribution in [3.63, 3.8) is 0 Å². The normalized spacial score (nSPS) is 16.2. The summed E-state index contributed by atoms with van der Waals surface area (Å²) in [5.74, 6) is 0.252. The van der Waals surface area contributed by atoms with Gasteiger partial charge in [-0.25, -0.2) is 4.39 Å². The molecule has 1 N–H and O–H groups in total. The number of nitrogens with zero attached hydrogens (tertiary/aromatic N) is 1. The molecule has 0 saturated carbocycles. The summed E-state index contributed by atoms with van der Waals surface area (Å²) in [6.45, 7) is 1.77. The molecule has 1 amide bonds. The maximum Gasteiger partial charge on any atom is 0.246 e. The second-order valence-corrected chi connectivity index (χ2v) is 7.98. The zero-order valence-corrected chi connectivity index (χ0v) is 17.0. The van der Waals surface area contributed by atoms with E-state index < -0.39 is 0 Å². The van der Waals surface area contributed by atoms with Gasteiger partial charge in [0.2, 0.25) is 5.91 Å². The van der Waals surface area contributed by atoms with Crippen LogP contribution < -0.4 is 5.32 Å². The number of benzene rings is 3. The van der Waals surface area contributed by atoms with Crippen LogP contribution in [0.25, 0.3) is 0 Å². The van der Waals surface area contributed by atoms with Gasteiger partial charge in [-0.15, -0.1) is 0 Å². The van der Waals surface area contributed by atoms with E-state index in [9.17, 15) is 9.18 Å². The quantitative estimate of drug-likeness (QED) is 0.594. The molecule has 154 valence electrons. The topological polar surface area (TPSA) is 32.3 Å². The molecule has 0 bridgehead atoms. The Balaban J connectivity index is 1.45. The highest BCUT2D eigenvalue weighted by molar-refractivity contribution is 5.95. The molecular weight excluding hydrogens is 375 g/mol. The Labute approximate surface area is 177 Å². The SMILES string of the molecule is O=C(Nc1ccc(F)cc1)[C@H](c1ccccc1)N1CCC(Cc2ccccc2)CC1. The molecule has 30 heavy (non-hydrogen) atoms. The van der Waals surface area contributed by atoms with E-state index in [1.807, 2.05) is 30.3 Å². The summed E-state index contributed by atoms with van der Waals surface area (Å²) in [4.78, 5) is 15.5. The number of carbonyl (C=O) groups excluding carboxylic acids is 1. The zero-order chi connectivity index (χ0) is 20.8. The van der Waals surface area contributed by atoms with E-state index >= 15 is 0 Å². The number of likely N-dealkylation sites (tertiary alicyclic amines) is 1. The van der Waals surface area contributed by atoms with E-state index in [0.717, 1.165) is 37.9 Å². The molecule has 0 aromatic heterocycles. The van der Waals surface area contributed by atoms with Crippen LogP contribution >= 0.6 is 0 Å². The van der Waals surface area contributed by atoms with E-state index in [-0.39, 0.29) is 17.8 Å². The molecule has 1 saturated heterocycles. The number of rotatable bonds is 6. The largest absolute Gasteiger partial charge is 0.324 e. The highest BCUT2D eigenvalue weighted by atomic mass is 19.1. The highest BCUT2D eigenvalue weighted by Gasteiger charge is 2.31. The van der Waals surface area contributed by atoms with Crippen LogP contribution in [0, 0.1) is 11.7 Å². The molecular formula is C26H27FN2O. The van der Waals surface area contributed by atoms with Crippen molar-refractivity contribution in [2.45, 2.75) is 25.3 Å². The first kappa shape index (κ1) is 20.3. The fraction of sp³-hybridized carbons (Fsp3) is 0.269. The van der Waals surface area contributed by atoms with Crippen molar-refractivity contribution in [3.8, 4) is 0 Å². The Kier molecular flexibility index (Phi) is 6.55. The molecule has 3 aromatic rings. The van der Waals surface area contributed by atoms with Crippen molar-refractivity contribution >= 4 is 11.6 Å². The lowest BCUT2D eigenvalue weighted by Crippen LogP contribution is -2.42. The van der Waals surface area contributed by atoms with Gasteiger partial charge in [-0.1, -0.05) is 60.7 Å². The molecule has 3 nitrogen and oxygen atoms in total. The van der Waals surface area contributed by atoms with Crippen molar-refractivity contribution in [3.05, 3.63) is 102 Å². The molecule has 0 spiro atoms. The maximum atomic E-state index is 13.2. The summed E-state index contributed by atoms with van der Waals surface area (Å²) in [6.07, 6.45) is 3.23. The molecule has 1 aliphatic heterocycles. The van der Waals surface area contributed by atoms with E-state index in [1.165, 1.54) is 17.7 Å². The number of halogens is 1. The zero-order valence-electron chi connectivity index (χ0n) is 17.0. The van der Waals surface area contributed by atoms with E-state index in [4.69, 9.17) is 0 Å². The van der Waals surface area contributed by atoms with Gasteiger partial charge in [0.25, 0.3) is 0 Å². The predicted molar refractivity (Wildman–Crippen MR) is 119 cm³/mol. The van der Waals surface area contributed by atoms with Crippen LogP contribution in [0.5, 0.6) is 0 Å². The van der Waals surface area contributed by atoms with Crippen LogP contribution in [0.1, 0.15) is 30.0 Å². The summed E-state index contributed by atoms with van der Waals surface area (Å²) in [5, 5.41) is 2.97. The van der Waals surface area contributed by atoms with E-state index in [2.05, 4.69) is 40.5 Å².